The number of carbonyl (C=O) groups is 3. The Morgan fingerprint density at radius 2 is 1.71 bits per heavy atom. The van der Waals surface area contributed by atoms with Crippen LogP contribution in [0.25, 0.3) is 10.4 Å². The van der Waals surface area contributed by atoms with Crippen LogP contribution in [0.4, 0.5) is 5.69 Å². The van der Waals surface area contributed by atoms with E-state index in [0.717, 1.165) is 16.5 Å². The third-order valence-electron chi connectivity index (χ3n) is 4.06. The number of phenols is 2. The highest BCUT2D eigenvalue weighted by atomic mass is 32.1. The van der Waals surface area contributed by atoms with Crippen molar-refractivity contribution in [3.8, 4) is 21.9 Å². The van der Waals surface area contributed by atoms with Gasteiger partial charge in [0, 0.05) is 10.9 Å². The number of nitrogens with one attached hydrogen (secondary N) is 1. The lowest BCUT2D eigenvalue weighted by atomic mass is 10.2. The zero-order valence-electron chi connectivity index (χ0n) is 16.5. The number of thiophene rings is 1. The average Bonchev–Trinajstić information content (AvgIpc) is 3.16. The Bertz CT molecular complexity index is 1110. The lowest BCUT2D eigenvalue weighted by Gasteiger charge is -2.08. The molecule has 0 bridgehead atoms. The van der Waals surface area contributed by atoms with E-state index in [1.165, 1.54) is 23.5 Å². The number of ether oxygens (including phenoxy) is 2. The molecule has 9 heteroatoms. The molecule has 2 aromatic carbocycles. The molecule has 0 spiro atoms. The molecule has 0 aliphatic rings. The quantitative estimate of drug-likeness (QED) is 0.477. The van der Waals surface area contributed by atoms with E-state index in [1.54, 1.807) is 13.0 Å². The van der Waals surface area contributed by atoms with E-state index in [1.807, 2.05) is 30.3 Å². The summed E-state index contributed by atoms with van der Waals surface area (Å²) in [5.74, 6) is -2.87. The van der Waals surface area contributed by atoms with E-state index in [2.05, 4.69) is 5.32 Å². The molecule has 0 unspecified atom stereocenters. The standard InChI is InChI=1S/C22H19NO7S/c1-2-29-22(28)20-16(11-18(31-20)13-6-4-3-5-7-13)23-19(26)12-30-21(27)15-9-8-14(24)10-17(15)25/h3-11,24-25H,2,12H2,1H3,(H,23,26). The number of phenolic OH excluding ortho intramolecular Hbond substituents is 2. The number of hydrogen-bond donors (Lipinski definition) is 3. The van der Waals surface area contributed by atoms with Gasteiger partial charge in [-0.3, -0.25) is 4.79 Å². The van der Waals surface area contributed by atoms with Crippen molar-refractivity contribution in [2.45, 2.75) is 6.92 Å². The normalized spacial score (nSPS) is 10.4. The minimum absolute atomic E-state index is 0.179. The van der Waals surface area contributed by atoms with Gasteiger partial charge in [0.25, 0.3) is 5.91 Å². The largest absolute Gasteiger partial charge is 0.508 e. The van der Waals surface area contributed by atoms with Crippen LogP contribution in [0, 0.1) is 0 Å². The minimum Gasteiger partial charge on any atom is -0.508 e. The smallest absolute Gasteiger partial charge is 0.350 e. The summed E-state index contributed by atoms with van der Waals surface area (Å²) in [6.07, 6.45) is 0. The fraction of sp³-hybridized carbons (Fsp3) is 0.136. The first-order valence-corrected chi connectivity index (χ1v) is 10.1. The van der Waals surface area contributed by atoms with Crippen LogP contribution in [0.3, 0.4) is 0 Å². The summed E-state index contributed by atoms with van der Waals surface area (Å²) in [4.78, 5) is 37.7. The van der Waals surface area contributed by atoms with E-state index in [0.29, 0.717) is 0 Å². The molecular weight excluding hydrogens is 422 g/mol. The third-order valence-corrected chi connectivity index (χ3v) is 5.23. The Balaban J connectivity index is 1.73. The Morgan fingerprint density at radius 1 is 0.968 bits per heavy atom. The zero-order chi connectivity index (χ0) is 22.4. The molecule has 0 aliphatic carbocycles. The second-order valence-electron chi connectivity index (χ2n) is 6.27. The summed E-state index contributed by atoms with van der Waals surface area (Å²) in [6, 6.07) is 14.3. The van der Waals surface area contributed by atoms with Gasteiger partial charge in [-0.05, 0) is 30.7 Å². The minimum atomic E-state index is -0.937. The lowest BCUT2D eigenvalue weighted by Crippen LogP contribution is -2.21. The van der Waals surface area contributed by atoms with Gasteiger partial charge in [-0.15, -0.1) is 11.3 Å². The first-order valence-electron chi connectivity index (χ1n) is 9.24. The highest BCUT2D eigenvalue weighted by molar-refractivity contribution is 7.18. The van der Waals surface area contributed by atoms with Gasteiger partial charge in [-0.2, -0.15) is 0 Å². The number of benzene rings is 2. The monoisotopic (exact) mass is 441 g/mol. The van der Waals surface area contributed by atoms with Crippen LogP contribution in [-0.2, 0) is 14.3 Å². The van der Waals surface area contributed by atoms with Gasteiger partial charge < -0.3 is 25.0 Å². The average molecular weight is 441 g/mol. The molecule has 8 nitrogen and oxygen atoms in total. The number of hydrogen-bond acceptors (Lipinski definition) is 8. The van der Waals surface area contributed by atoms with Gasteiger partial charge in [0.15, 0.2) is 6.61 Å². The summed E-state index contributed by atoms with van der Waals surface area (Å²) in [5, 5.41) is 21.6. The van der Waals surface area contributed by atoms with E-state index < -0.39 is 30.2 Å². The van der Waals surface area contributed by atoms with Crippen LogP contribution >= 0.6 is 11.3 Å². The van der Waals surface area contributed by atoms with Gasteiger partial charge in [0.1, 0.15) is 21.9 Å². The lowest BCUT2D eigenvalue weighted by molar-refractivity contribution is -0.119. The molecule has 160 valence electrons. The van der Waals surface area contributed by atoms with Crippen molar-refractivity contribution in [3.63, 3.8) is 0 Å². The molecule has 3 rings (SSSR count). The van der Waals surface area contributed by atoms with Gasteiger partial charge in [-0.1, -0.05) is 30.3 Å². The van der Waals surface area contributed by atoms with Crippen LogP contribution in [0.15, 0.2) is 54.6 Å². The predicted octanol–water partition coefficient (Wildman–Crippen LogP) is 3.80. The SMILES string of the molecule is CCOC(=O)c1sc(-c2ccccc2)cc1NC(=O)COC(=O)c1ccc(O)cc1O. The molecule has 1 heterocycles. The van der Waals surface area contributed by atoms with Crippen molar-refractivity contribution in [1.29, 1.82) is 0 Å². The number of esters is 2. The molecule has 0 fully saturated rings. The topological polar surface area (TPSA) is 122 Å². The van der Waals surface area contributed by atoms with Crippen LogP contribution in [0.2, 0.25) is 0 Å². The molecule has 0 saturated heterocycles. The summed E-state index contributed by atoms with van der Waals surface area (Å²) in [5.41, 5.74) is 0.920. The number of amides is 1. The van der Waals surface area contributed by atoms with E-state index in [4.69, 9.17) is 9.47 Å². The molecule has 1 aromatic heterocycles. The summed E-state index contributed by atoms with van der Waals surface area (Å²) in [6.45, 7) is 1.22. The van der Waals surface area contributed by atoms with Gasteiger partial charge in [0.2, 0.25) is 0 Å². The zero-order valence-corrected chi connectivity index (χ0v) is 17.3. The number of anilines is 1. The Hall–Kier alpha value is -3.85. The predicted molar refractivity (Wildman–Crippen MR) is 114 cm³/mol. The first-order chi connectivity index (χ1) is 14.9. The van der Waals surface area contributed by atoms with Crippen molar-refractivity contribution in [1.82, 2.24) is 0 Å². The molecule has 3 aromatic rings. The second kappa shape index (κ2) is 9.77. The van der Waals surface area contributed by atoms with E-state index in [-0.39, 0.29) is 28.5 Å². The highest BCUT2D eigenvalue weighted by Gasteiger charge is 2.21. The third kappa shape index (κ3) is 5.40. The van der Waals surface area contributed by atoms with Crippen molar-refractivity contribution >= 4 is 34.9 Å². The maximum Gasteiger partial charge on any atom is 0.350 e. The summed E-state index contributed by atoms with van der Waals surface area (Å²) in [7, 11) is 0. The second-order valence-corrected chi connectivity index (χ2v) is 7.32. The fourth-order valence-electron chi connectivity index (χ4n) is 2.66. The maximum atomic E-state index is 12.3. The fourth-order valence-corrected chi connectivity index (χ4v) is 3.68. The number of rotatable bonds is 7. The van der Waals surface area contributed by atoms with Crippen molar-refractivity contribution in [2.24, 2.45) is 0 Å². The van der Waals surface area contributed by atoms with Crippen molar-refractivity contribution < 1.29 is 34.1 Å². The summed E-state index contributed by atoms with van der Waals surface area (Å²) >= 11 is 1.17. The van der Waals surface area contributed by atoms with Crippen molar-refractivity contribution in [3.05, 3.63) is 65.0 Å². The van der Waals surface area contributed by atoms with Crippen LogP contribution < -0.4 is 5.32 Å². The number of aromatic hydroxyl groups is 2. The van der Waals surface area contributed by atoms with E-state index in [9.17, 15) is 24.6 Å². The van der Waals surface area contributed by atoms with Gasteiger partial charge in [-0.25, -0.2) is 9.59 Å². The van der Waals surface area contributed by atoms with Gasteiger partial charge >= 0.3 is 11.9 Å². The van der Waals surface area contributed by atoms with Crippen LogP contribution in [0.5, 0.6) is 11.5 Å². The molecule has 0 radical (unpaired) electrons. The molecule has 31 heavy (non-hydrogen) atoms. The molecule has 0 aliphatic heterocycles. The number of carbonyl (C=O) groups excluding carboxylic acids is 3. The Labute approximate surface area is 181 Å². The molecule has 1 amide bonds. The van der Waals surface area contributed by atoms with Gasteiger partial charge in [0.05, 0.1) is 12.3 Å². The van der Waals surface area contributed by atoms with Crippen LogP contribution in [-0.4, -0.2) is 41.3 Å². The molecule has 0 saturated carbocycles. The Morgan fingerprint density at radius 3 is 2.39 bits per heavy atom. The van der Waals surface area contributed by atoms with Crippen LogP contribution in [0.1, 0.15) is 27.0 Å². The molecular formula is C22H19NO7S. The maximum absolute atomic E-state index is 12.3. The molecule has 0 atom stereocenters. The first kappa shape index (κ1) is 21.8. The van der Waals surface area contributed by atoms with E-state index >= 15 is 0 Å². The highest BCUT2D eigenvalue weighted by Crippen LogP contribution is 2.35. The van der Waals surface area contributed by atoms with Crippen molar-refractivity contribution in [2.75, 3.05) is 18.5 Å². The summed E-state index contributed by atoms with van der Waals surface area (Å²) < 4.78 is 9.98. The molecule has 3 N–H and O–H groups in total. The Kier molecular flexibility index (Phi) is 6.88.